The van der Waals surface area contributed by atoms with Crippen molar-refractivity contribution in [3.05, 3.63) is 99.7 Å². The molecule has 0 aliphatic heterocycles. The van der Waals surface area contributed by atoms with Crippen molar-refractivity contribution in [1.29, 1.82) is 0 Å². The summed E-state index contributed by atoms with van der Waals surface area (Å²) in [6.07, 6.45) is 1.69. The van der Waals surface area contributed by atoms with Crippen LogP contribution in [0.15, 0.2) is 71.7 Å². The van der Waals surface area contributed by atoms with Crippen LogP contribution in [0, 0.1) is 13.8 Å². The number of nitrogens with zero attached hydrogens (tertiary/aromatic N) is 3. The minimum atomic E-state index is -0.235. The largest absolute Gasteiger partial charge is 0.354 e. The van der Waals surface area contributed by atoms with Crippen LogP contribution in [-0.2, 0) is 17.9 Å². The van der Waals surface area contributed by atoms with E-state index in [1.807, 2.05) is 62.4 Å². The number of amides is 1. The molecule has 1 atom stereocenters. The van der Waals surface area contributed by atoms with E-state index < -0.39 is 0 Å². The Morgan fingerprint density at radius 3 is 2.34 bits per heavy atom. The number of aromatic nitrogens is 3. The number of carbonyl (C=O) groups excluding carboxylic acids is 1. The molecule has 0 fully saturated rings. The highest BCUT2D eigenvalue weighted by atomic mass is 16.2. The highest BCUT2D eigenvalue weighted by Gasteiger charge is 2.17. The maximum absolute atomic E-state index is 13.2. The fourth-order valence-electron chi connectivity index (χ4n) is 4.12. The van der Waals surface area contributed by atoms with Gasteiger partial charge in [0.15, 0.2) is 0 Å². The Labute approximate surface area is 187 Å². The number of aryl methyl sites for hydroxylation is 2. The van der Waals surface area contributed by atoms with E-state index in [1.54, 1.807) is 6.20 Å². The molecule has 0 saturated carbocycles. The third-order valence-corrected chi connectivity index (χ3v) is 6.06. The Morgan fingerprint density at radius 2 is 1.66 bits per heavy atom. The van der Waals surface area contributed by atoms with E-state index in [-0.39, 0.29) is 23.9 Å². The molecule has 4 rings (SSSR count). The van der Waals surface area contributed by atoms with E-state index in [9.17, 15) is 9.59 Å². The van der Waals surface area contributed by atoms with E-state index >= 15 is 0 Å². The van der Waals surface area contributed by atoms with Crippen molar-refractivity contribution in [2.75, 3.05) is 6.54 Å². The molecular formula is C26H28N4O2. The molecule has 4 aromatic rings. The average Bonchev–Trinajstić information content (AvgIpc) is 3.05. The lowest BCUT2D eigenvalue weighted by Gasteiger charge is -2.13. The summed E-state index contributed by atoms with van der Waals surface area (Å²) >= 11 is 0. The number of rotatable bonds is 7. The van der Waals surface area contributed by atoms with Gasteiger partial charge in [0.2, 0.25) is 5.91 Å². The van der Waals surface area contributed by atoms with Crippen molar-refractivity contribution >= 4 is 16.7 Å². The zero-order valence-corrected chi connectivity index (χ0v) is 18.7. The van der Waals surface area contributed by atoms with E-state index in [0.717, 1.165) is 22.3 Å². The number of hydrogen-bond acceptors (Lipinski definition) is 3. The van der Waals surface area contributed by atoms with Crippen molar-refractivity contribution in [3.63, 3.8) is 0 Å². The van der Waals surface area contributed by atoms with Crippen molar-refractivity contribution in [2.45, 2.75) is 39.8 Å². The zero-order valence-electron chi connectivity index (χ0n) is 18.7. The summed E-state index contributed by atoms with van der Waals surface area (Å²) in [4.78, 5) is 25.7. The Morgan fingerprint density at radius 1 is 1.00 bits per heavy atom. The van der Waals surface area contributed by atoms with E-state index in [0.29, 0.717) is 18.5 Å². The molecule has 0 spiro atoms. The lowest BCUT2D eigenvalue weighted by atomic mass is 10.0. The summed E-state index contributed by atoms with van der Waals surface area (Å²) in [5.74, 6) is -0.0379. The normalized spacial score (nSPS) is 12.1. The molecule has 2 aromatic carbocycles. The average molecular weight is 429 g/mol. The first-order valence-corrected chi connectivity index (χ1v) is 10.9. The molecule has 1 amide bonds. The maximum atomic E-state index is 13.2. The van der Waals surface area contributed by atoms with Gasteiger partial charge < -0.3 is 9.88 Å². The predicted molar refractivity (Wildman–Crippen MR) is 127 cm³/mol. The predicted octanol–water partition coefficient (Wildman–Crippen LogP) is 3.78. The second-order valence-corrected chi connectivity index (χ2v) is 8.25. The van der Waals surface area contributed by atoms with Crippen molar-refractivity contribution < 1.29 is 4.79 Å². The van der Waals surface area contributed by atoms with Crippen molar-refractivity contribution in [2.24, 2.45) is 0 Å². The molecule has 0 radical (unpaired) electrons. The van der Waals surface area contributed by atoms with Gasteiger partial charge in [-0.1, -0.05) is 67.6 Å². The fraction of sp³-hybridized carbons (Fsp3) is 0.269. The van der Waals surface area contributed by atoms with Crippen LogP contribution in [0.2, 0.25) is 0 Å². The van der Waals surface area contributed by atoms with Crippen LogP contribution >= 0.6 is 0 Å². The van der Waals surface area contributed by atoms with Crippen LogP contribution < -0.4 is 10.9 Å². The topological polar surface area (TPSA) is 68.9 Å². The third kappa shape index (κ3) is 4.35. The third-order valence-electron chi connectivity index (χ3n) is 6.06. The number of benzene rings is 2. The summed E-state index contributed by atoms with van der Waals surface area (Å²) in [6.45, 7) is 7.11. The van der Waals surface area contributed by atoms with Crippen LogP contribution in [-0.4, -0.2) is 26.8 Å². The molecule has 1 N–H and O–H groups in total. The summed E-state index contributed by atoms with van der Waals surface area (Å²) < 4.78 is 3.39. The van der Waals surface area contributed by atoms with Crippen LogP contribution in [0.4, 0.5) is 0 Å². The Kier molecular flexibility index (Phi) is 6.21. The van der Waals surface area contributed by atoms with Gasteiger partial charge in [0.1, 0.15) is 6.54 Å². The summed E-state index contributed by atoms with van der Waals surface area (Å²) in [6, 6.07) is 20.2. The van der Waals surface area contributed by atoms with Gasteiger partial charge >= 0.3 is 0 Å². The molecule has 32 heavy (non-hydrogen) atoms. The molecule has 6 nitrogen and oxygen atoms in total. The quantitative estimate of drug-likeness (QED) is 0.487. The Balaban J connectivity index is 1.52. The second kappa shape index (κ2) is 9.22. The van der Waals surface area contributed by atoms with Crippen molar-refractivity contribution in [1.82, 2.24) is 19.7 Å². The van der Waals surface area contributed by atoms with Crippen molar-refractivity contribution in [3.8, 4) is 0 Å². The summed E-state index contributed by atoms with van der Waals surface area (Å²) in [5, 5.41) is 8.66. The van der Waals surface area contributed by atoms with Gasteiger partial charge in [0, 0.05) is 29.9 Å². The summed E-state index contributed by atoms with van der Waals surface area (Å²) in [7, 11) is 0. The van der Waals surface area contributed by atoms with Gasteiger partial charge in [0.25, 0.3) is 5.56 Å². The molecule has 0 aliphatic rings. The first-order chi connectivity index (χ1) is 15.5. The number of carbonyl (C=O) groups is 1. The van der Waals surface area contributed by atoms with Crippen LogP contribution in [0.3, 0.4) is 0 Å². The molecule has 6 heteroatoms. The van der Waals surface area contributed by atoms with Gasteiger partial charge in [-0.15, -0.1) is 0 Å². The fourth-order valence-corrected chi connectivity index (χ4v) is 4.12. The highest BCUT2D eigenvalue weighted by Crippen LogP contribution is 2.23. The van der Waals surface area contributed by atoms with E-state index in [4.69, 9.17) is 0 Å². The van der Waals surface area contributed by atoms with Gasteiger partial charge in [-0.05, 0) is 30.9 Å². The first-order valence-electron chi connectivity index (χ1n) is 10.9. The number of nitrogens with one attached hydrogen (secondary N) is 1. The maximum Gasteiger partial charge on any atom is 0.276 e. The second-order valence-electron chi connectivity index (χ2n) is 8.25. The number of hydrogen-bond donors (Lipinski definition) is 1. The van der Waals surface area contributed by atoms with Crippen LogP contribution in [0.5, 0.6) is 0 Å². The van der Waals surface area contributed by atoms with E-state index in [2.05, 4.69) is 34.0 Å². The molecular weight excluding hydrogens is 400 g/mol. The lowest BCUT2D eigenvalue weighted by molar-refractivity contribution is -0.121. The molecule has 0 bridgehead atoms. The van der Waals surface area contributed by atoms with Gasteiger partial charge in [-0.2, -0.15) is 5.10 Å². The monoisotopic (exact) mass is 428 g/mol. The molecule has 2 aromatic heterocycles. The molecule has 0 saturated heterocycles. The standard InChI is InChI=1S/C26H28N4O2/c1-18(22-12-8-5-9-13-22)14-27-24(31)17-30-26(32)25-20(3)29(19(2)23(25)15-28-30)16-21-10-6-4-7-11-21/h4-13,15,18H,14,16-17H2,1-3H3,(H,27,31). The molecule has 164 valence electrons. The van der Waals surface area contributed by atoms with Crippen LogP contribution in [0.25, 0.3) is 10.8 Å². The first kappa shape index (κ1) is 21.6. The Hall–Kier alpha value is -3.67. The molecule has 0 aliphatic carbocycles. The van der Waals surface area contributed by atoms with Crippen LogP contribution in [0.1, 0.15) is 35.4 Å². The van der Waals surface area contributed by atoms with Gasteiger partial charge in [-0.25, -0.2) is 4.68 Å². The Bertz CT molecular complexity index is 1290. The zero-order chi connectivity index (χ0) is 22.7. The highest BCUT2D eigenvalue weighted by molar-refractivity contribution is 5.87. The number of fused-ring (bicyclic) bond motifs is 1. The lowest BCUT2D eigenvalue weighted by Crippen LogP contribution is -2.35. The minimum Gasteiger partial charge on any atom is -0.354 e. The van der Waals surface area contributed by atoms with E-state index in [1.165, 1.54) is 10.2 Å². The minimum absolute atomic E-state index is 0.0986. The summed E-state index contributed by atoms with van der Waals surface area (Å²) in [5.41, 5.74) is 3.98. The molecule has 1 unspecified atom stereocenters. The SMILES string of the molecule is Cc1c2cnn(CC(=O)NCC(C)c3ccccc3)c(=O)c2c(C)n1Cc1ccccc1. The molecule has 2 heterocycles. The van der Waals surface area contributed by atoms with Gasteiger partial charge in [-0.3, -0.25) is 9.59 Å². The smallest absolute Gasteiger partial charge is 0.276 e. The van der Waals surface area contributed by atoms with Gasteiger partial charge in [0.05, 0.1) is 11.6 Å².